The van der Waals surface area contributed by atoms with Gasteiger partial charge in [0.2, 0.25) is 11.8 Å². The van der Waals surface area contributed by atoms with Gasteiger partial charge in [-0.15, -0.1) is 23.2 Å². The molecule has 0 aliphatic heterocycles. The van der Waals surface area contributed by atoms with Gasteiger partial charge in [-0.2, -0.15) is 26.3 Å². The summed E-state index contributed by atoms with van der Waals surface area (Å²) in [6.45, 7) is 0. The van der Waals surface area contributed by atoms with Crippen LogP contribution in [0.3, 0.4) is 0 Å². The Labute approximate surface area is 274 Å². The third-order valence-corrected chi connectivity index (χ3v) is 8.21. The van der Waals surface area contributed by atoms with Crippen LogP contribution in [0.5, 0.6) is 0 Å². The van der Waals surface area contributed by atoms with Gasteiger partial charge < -0.3 is 16.0 Å². The molecular weight excluding hydrogens is 716 g/mol. The van der Waals surface area contributed by atoms with E-state index in [9.17, 15) is 49.5 Å². The van der Waals surface area contributed by atoms with Crippen molar-refractivity contribution in [1.82, 2.24) is 0 Å². The fourth-order valence-corrected chi connectivity index (χ4v) is 5.65. The van der Waals surface area contributed by atoms with Crippen molar-refractivity contribution in [1.29, 1.82) is 0 Å². The Hall–Kier alpha value is -3.69. The van der Waals surface area contributed by atoms with Crippen LogP contribution in [-0.4, -0.2) is 28.2 Å². The minimum Gasteiger partial charge on any atom is -0.326 e. The average Bonchev–Trinajstić information content (AvgIpc) is 3.54. The van der Waals surface area contributed by atoms with Crippen molar-refractivity contribution in [2.24, 2.45) is 5.92 Å². The molecule has 0 unspecified atom stereocenters. The number of benzene rings is 3. The Balaban J connectivity index is 1.47. The highest BCUT2D eigenvalue weighted by Gasteiger charge is 2.67. The number of rotatable bonds is 9. The van der Waals surface area contributed by atoms with E-state index in [0.29, 0.717) is 18.2 Å². The van der Waals surface area contributed by atoms with Crippen LogP contribution >= 0.6 is 34.8 Å². The molecule has 2 atom stereocenters. The van der Waals surface area contributed by atoms with E-state index in [2.05, 4.69) is 10.6 Å². The van der Waals surface area contributed by atoms with Crippen molar-refractivity contribution in [3.8, 4) is 0 Å². The van der Waals surface area contributed by atoms with Gasteiger partial charge in [-0.25, -0.2) is 13.2 Å². The molecule has 252 valence electrons. The first-order valence-electron chi connectivity index (χ1n) is 13.2. The van der Waals surface area contributed by atoms with Crippen molar-refractivity contribution in [2.75, 3.05) is 16.0 Å². The predicted octanol–water partition coefficient (Wildman–Crippen LogP) is 9.23. The fraction of sp³-hybridized carbons (Fsp3) is 0.276. The Bertz CT molecular complexity index is 1730. The highest BCUT2D eigenvalue weighted by molar-refractivity contribution is 6.53. The molecule has 3 amide bonds. The number of hydrogen-bond acceptors (Lipinski definition) is 3. The Morgan fingerprint density at radius 2 is 1.49 bits per heavy atom. The Morgan fingerprint density at radius 3 is 2.13 bits per heavy atom. The van der Waals surface area contributed by atoms with Gasteiger partial charge >= 0.3 is 12.4 Å². The van der Waals surface area contributed by atoms with E-state index in [4.69, 9.17) is 34.8 Å². The lowest BCUT2D eigenvalue weighted by Gasteiger charge is -2.14. The number of nitrogens with one attached hydrogen (secondary N) is 3. The fourth-order valence-electron chi connectivity index (χ4n) is 4.62. The zero-order valence-corrected chi connectivity index (χ0v) is 25.4. The number of carbonyl (C=O) groups is 3. The summed E-state index contributed by atoms with van der Waals surface area (Å²) in [7, 11) is 0. The first kappa shape index (κ1) is 36.2. The molecule has 1 fully saturated rings. The van der Waals surface area contributed by atoms with Crippen LogP contribution in [0, 0.1) is 23.4 Å². The normalized spacial score (nSPS) is 17.2. The van der Waals surface area contributed by atoms with Crippen LogP contribution < -0.4 is 16.0 Å². The number of alkyl halides is 8. The molecule has 0 radical (unpaired) electrons. The maximum absolute atomic E-state index is 15.0. The van der Waals surface area contributed by atoms with Gasteiger partial charge in [0.05, 0.1) is 27.8 Å². The number of amides is 3. The molecule has 0 aromatic heterocycles. The molecule has 0 spiro atoms. The first-order chi connectivity index (χ1) is 21.7. The van der Waals surface area contributed by atoms with Crippen LogP contribution in [0.4, 0.5) is 56.6 Å². The number of halogens is 12. The van der Waals surface area contributed by atoms with E-state index in [1.54, 1.807) is 0 Å². The van der Waals surface area contributed by atoms with E-state index < -0.39 is 99.9 Å². The Kier molecular flexibility index (Phi) is 10.3. The van der Waals surface area contributed by atoms with Crippen molar-refractivity contribution < 1.29 is 53.9 Å². The van der Waals surface area contributed by atoms with E-state index in [1.165, 1.54) is 6.07 Å². The average molecular weight is 735 g/mol. The van der Waals surface area contributed by atoms with Gasteiger partial charge in [0.1, 0.15) is 21.7 Å². The molecule has 47 heavy (non-hydrogen) atoms. The molecule has 1 aliphatic rings. The van der Waals surface area contributed by atoms with Gasteiger partial charge in [-0.1, -0.05) is 17.7 Å². The summed E-state index contributed by atoms with van der Waals surface area (Å²) in [6.07, 6.45) is -12.2. The van der Waals surface area contributed by atoms with Gasteiger partial charge in [0, 0.05) is 24.4 Å². The van der Waals surface area contributed by atoms with E-state index >= 15 is 4.39 Å². The summed E-state index contributed by atoms with van der Waals surface area (Å²) in [5.41, 5.74) is -3.85. The highest BCUT2D eigenvalue weighted by atomic mass is 35.5. The second-order valence-electron chi connectivity index (χ2n) is 10.3. The van der Waals surface area contributed by atoms with Gasteiger partial charge in [-0.05, 0) is 54.4 Å². The number of hydrogen-bond donors (Lipinski definition) is 3. The summed E-state index contributed by atoms with van der Waals surface area (Å²) in [5.74, 6) is -9.83. The molecular formula is C29H19Cl3F9N3O3. The molecule has 18 heteroatoms. The lowest BCUT2D eigenvalue weighted by atomic mass is 10.0. The molecule has 0 heterocycles. The molecule has 6 nitrogen and oxygen atoms in total. The monoisotopic (exact) mass is 733 g/mol. The largest absolute Gasteiger partial charge is 0.419 e. The summed E-state index contributed by atoms with van der Waals surface area (Å²) in [4.78, 5) is 38.0. The van der Waals surface area contributed by atoms with Crippen LogP contribution in [-0.2, 0) is 15.8 Å². The number of carbonyl (C=O) groups excluding carboxylic acids is 3. The summed E-state index contributed by atoms with van der Waals surface area (Å²) < 4.78 is 118. The van der Waals surface area contributed by atoms with Crippen LogP contribution in [0.1, 0.15) is 46.7 Å². The lowest BCUT2D eigenvalue weighted by molar-refractivity contribution is -0.140. The molecule has 1 saturated carbocycles. The molecule has 3 aromatic carbocycles. The summed E-state index contributed by atoms with van der Waals surface area (Å²) in [6, 6.07) is 6.99. The van der Waals surface area contributed by atoms with Gasteiger partial charge in [0.15, 0.2) is 5.82 Å². The van der Waals surface area contributed by atoms with Gasteiger partial charge in [0.25, 0.3) is 5.91 Å². The first-order valence-corrected chi connectivity index (χ1v) is 14.3. The molecule has 1 aliphatic carbocycles. The highest BCUT2D eigenvalue weighted by Crippen LogP contribution is 2.65. The maximum atomic E-state index is 15.0. The van der Waals surface area contributed by atoms with E-state index in [1.807, 2.05) is 5.32 Å². The smallest absolute Gasteiger partial charge is 0.326 e. The van der Waals surface area contributed by atoms with Crippen molar-refractivity contribution in [3.05, 3.63) is 87.7 Å². The SMILES string of the molecule is O=C(CCCC(F)(F)F)Nc1c(F)ccc(NC(=O)c2cc(NC(=O)[C@H]3[C@H](c4ccc(F)c(C(F)(F)F)c4)C3(Cl)Cl)ccc2Cl)c1F. The van der Waals surface area contributed by atoms with E-state index in [-0.39, 0.29) is 21.8 Å². The quantitative estimate of drug-likeness (QED) is 0.151. The lowest BCUT2D eigenvalue weighted by Crippen LogP contribution is -2.19. The molecule has 0 saturated heterocycles. The minimum atomic E-state index is -5.03. The number of anilines is 3. The molecule has 0 bridgehead atoms. The third kappa shape index (κ3) is 8.43. The minimum absolute atomic E-state index is 0.0826. The van der Waals surface area contributed by atoms with Crippen molar-refractivity contribution >= 4 is 69.6 Å². The van der Waals surface area contributed by atoms with Crippen LogP contribution in [0.2, 0.25) is 5.02 Å². The molecule has 3 N–H and O–H groups in total. The predicted molar refractivity (Wildman–Crippen MR) is 155 cm³/mol. The van der Waals surface area contributed by atoms with Gasteiger partial charge in [-0.3, -0.25) is 14.4 Å². The van der Waals surface area contributed by atoms with Crippen LogP contribution in [0.25, 0.3) is 0 Å². The molecule has 4 rings (SSSR count). The zero-order valence-electron chi connectivity index (χ0n) is 23.2. The van der Waals surface area contributed by atoms with E-state index in [0.717, 1.165) is 24.3 Å². The second kappa shape index (κ2) is 13.4. The van der Waals surface area contributed by atoms with Crippen molar-refractivity contribution in [3.63, 3.8) is 0 Å². The Morgan fingerprint density at radius 1 is 0.830 bits per heavy atom. The maximum Gasteiger partial charge on any atom is 0.419 e. The second-order valence-corrected chi connectivity index (χ2v) is 12.2. The third-order valence-electron chi connectivity index (χ3n) is 6.94. The van der Waals surface area contributed by atoms with Crippen molar-refractivity contribution in [2.45, 2.75) is 41.9 Å². The summed E-state index contributed by atoms with van der Waals surface area (Å²) in [5, 5.41) is 6.13. The standard InChI is InChI=1S/C29H19Cl3F9N3O3/c30-16-5-4-13(42-26(47)22-21(28(22,31)32)12-3-6-17(33)15(10-12)29(39,40)41)11-14(16)25(46)43-19-8-7-18(34)24(23(19)35)44-20(45)2-1-9-27(36,37)38/h3-8,10-11,21-22H,1-2,9H2,(H,42,47)(H,43,46)(H,44,45)/t21-,22+/m0/s1. The zero-order chi connectivity index (χ0) is 35.1. The molecule has 3 aromatic rings. The topological polar surface area (TPSA) is 87.3 Å². The van der Waals surface area contributed by atoms with Crippen LogP contribution in [0.15, 0.2) is 48.5 Å². The summed E-state index contributed by atoms with van der Waals surface area (Å²) >= 11 is 18.5.